The van der Waals surface area contributed by atoms with Crippen molar-refractivity contribution in [2.24, 2.45) is 7.05 Å². The van der Waals surface area contributed by atoms with E-state index < -0.39 is 0 Å². The second-order valence-electron chi connectivity index (χ2n) is 4.23. The summed E-state index contributed by atoms with van der Waals surface area (Å²) in [5.41, 5.74) is 15.3. The number of hydrogen-bond acceptors (Lipinski definition) is 4. The molecule has 0 amide bonds. The first-order valence-corrected chi connectivity index (χ1v) is 5.58. The fraction of sp³-hybridized carbons (Fsp3) is 0.0769. The van der Waals surface area contributed by atoms with Gasteiger partial charge in [-0.1, -0.05) is 12.1 Å². The molecule has 0 aliphatic heterocycles. The Morgan fingerprint density at radius 2 is 1.78 bits per heavy atom. The monoisotopic (exact) mass is 239 g/mol. The van der Waals surface area contributed by atoms with E-state index in [1.54, 1.807) is 0 Å². The summed E-state index contributed by atoms with van der Waals surface area (Å²) in [6, 6.07) is 7.68. The van der Waals surface area contributed by atoms with Crippen molar-refractivity contribution in [2.45, 2.75) is 0 Å². The fourth-order valence-electron chi connectivity index (χ4n) is 2.12. The molecule has 5 heteroatoms. The maximum atomic E-state index is 5.95. The SMILES string of the molecule is Cn1cc(-c2ccc(N)cc2)c2c(N)ncnc21. The van der Waals surface area contributed by atoms with Gasteiger partial charge in [-0.25, -0.2) is 9.97 Å². The minimum Gasteiger partial charge on any atom is -0.399 e. The quantitative estimate of drug-likeness (QED) is 0.634. The molecule has 3 aromatic rings. The average Bonchev–Trinajstić information content (AvgIpc) is 2.70. The van der Waals surface area contributed by atoms with Crippen LogP contribution in [-0.4, -0.2) is 14.5 Å². The molecule has 4 N–H and O–H groups in total. The predicted octanol–water partition coefficient (Wildman–Crippen LogP) is 1.80. The van der Waals surface area contributed by atoms with Crippen molar-refractivity contribution in [3.63, 3.8) is 0 Å². The zero-order chi connectivity index (χ0) is 12.7. The summed E-state index contributed by atoms with van der Waals surface area (Å²) < 4.78 is 1.94. The van der Waals surface area contributed by atoms with E-state index in [-0.39, 0.29) is 0 Å². The lowest BCUT2D eigenvalue weighted by Crippen LogP contribution is -1.94. The van der Waals surface area contributed by atoms with Gasteiger partial charge in [-0.3, -0.25) is 0 Å². The Morgan fingerprint density at radius 3 is 2.50 bits per heavy atom. The molecule has 0 fully saturated rings. The van der Waals surface area contributed by atoms with E-state index >= 15 is 0 Å². The first-order valence-electron chi connectivity index (χ1n) is 5.58. The van der Waals surface area contributed by atoms with Crippen LogP contribution in [0.2, 0.25) is 0 Å². The van der Waals surface area contributed by atoms with E-state index in [2.05, 4.69) is 9.97 Å². The van der Waals surface area contributed by atoms with Crippen LogP contribution in [0.1, 0.15) is 0 Å². The van der Waals surface area contributed by atoms with Crippen molar-refractivity contribution in [1.82, 2.24) is 14.5 Å². The summed E-state index contributed by atoms with van der Waals surface area (Å²) in [5, 5.41) is 0.879. The molecule has 0 saturated carbocycles. The van der Waals surface area contributed by atoms with E-state index in [1.807, 2.05) is 42.1 Å². The summed E-state index contributed by atoms with van der Waals surface area (Å²) in [7, 11) is 1.94. The number of nitrogens with two attached hydrogens (primary N) is 2. The van der Waals surface area contributed by atoms with Gasteiger partial charge in [0.05, 0.1) is 5.39 Å². The van der Waals surface area contributed by atoms with E-state index in [1.165, 1.54) is 6.33 Å². The van der Waals surface area contributed by atoms with Crippen LogP contribution in [0, 0.1) is 0 Å². The standard InChI is InChI=1S/C13H13N5/c1-18-6-10(8-2-4-9(14)5-3-8)11-12(15)16-7-17-13(11)18/h2-7H,14H2,1H3,(H2,15,16,17). The lowest BCUT2D eigenvalue weighted by molar-refractivity contribution is 0.945. The number of hydrogen-bond donors (Lipinski definition) is 2. The number of aromatic nitrogens is 3. The normalized spacial score (nSPS) is 10.9. The van der Waals surface area contributed by atoms with Gasteiger partial charge in [0.15, 0.2) is 0 Å². The molecule has 0 unspecified atom stereocenters. The molecule has 0 saturated heterocycles. The third-order valence-electron chi connectivity index (χ3n) is 3.00. The number of aryl methyl sites for hydroxylation is 1. The van der Waals surface area contributed by atoms with Gasteiger partial charge in [-0.05, 0) is 17.7 Å². The molecule has 2 heterocycles. The first-order chi connectivity index (χ1) is 8.66. The molecule has 0 atom stereocenters. The van der Waals surface area contributed by atoms with Crippen LogP contribution in [0.4, 0.5) is 11.5 Å². The number of anilines is 2. The van der Waals surface area contributed by atoms with Gasteiger partial charge in [0.1, 0.15) is 17.8 Å². The van der Waals surface area contributed by atoms with Gasteiger partial charge >= 0.3 is 0 Å². The Labute approximate surface area is 104 Å². The van der Waals surface area contributed by atoms with Gasteiger partial charge in [-0.15, -0.1) is 0 Å². The van der Waals surface area contributed by atoms with E-state index in [0.29, 0.717) is 5.82 Å². The minimum absolute atomic E-state index is 0.493. The summed E-state index contributed by atoms with van der Waals surface area (Å²) >= 11 is 0. The Morgan fingerprint density at radius 1 is 1.06 bits per heavy atom. The van der Waals surface area contributed by atoms with Crippen molar-refractivity contribution < 1.29 is 0 Å². The molecule has 0 aliphatic carbocycles. The molecule has 90 valence electrons. The van der Waals surface area contributed by atoms with Crippen LogP contribution in [0.15, 0.2) is 36.8 Å². The Hall–Kier alpha value is -2.56. The highest BCUT2D eigenvalue weighted by atomic mass is 15.0. The van der Waals surface area contributed by atoms with Crippen LogP contribution in [0.5, 0.6) is 0 Å². The number of rotatable bonds is 1. The van der Waals surface area contributed by atoms with Crippen molar-refractivity contribution in [3.05, 3.63) is 36.8 Å². The highest BCUT2D eigenvalue weighted by Gasteiger charge is 2.12. The number of nitrogens with zero attached hydrogens (tertiary/aromatic N) is 3. The van der Waals surface area contributed by atoms with E-state index in [9.17, 15) is 0 Å². The second-order valence-corrected chi connectivity index (χ2v) is 4.23. The average molecular weight is 239 g/mol. The summed E-state index contributed by atoms with van der Waals surface area (Å²) in [4.78, 5) is 8.31. The number of fused-ring (bicyclic) bond motifs is 1. The summed E-state index contributed by atoms with van der Waals surface area (Å²) in [5.74, 6) is 0.493. The van der Waals surface area contributed by atoms with Crippen molar-refractivity contribution >= 4 is 22.5 Å². The maximum absolute atomic E-state index is 5.95. The Bertz CT molecular complexity index is 712. The van der Waals surface area contributed by atoms with Crippen LogP contribution < -0.4 is 11.5 Å². The molecule has 2 aromatic heterocycles. The Kier molecular flexibility index (Phi) is 2.19. The molecule has 0 spiro atoms. The van der Waals surface area contributed by atoms with Crippen LogP contribution >= 0.6 is 0 Å². The molecule has 1 aromatic carbocycles. The maximum Gasteiger partial charge on any atom is 0.145 e. The van der Waals surface area contributed by atoms with Crippen molar-refractivity contribution in [3.8, 4) is 11.1 Å². The number of nitrogen functional groups attached to an aromatic ring is 2. The number of benzene rings is 1. The Balaban J connectivity index is 2.32. The third-order valence-corrected chi connectivity index (χ3v) is 3.00. The zero-order valence-corrected chi connectivity index (χ0v) is 9.96. The first kappa shape index (κ1) is 10.6. The van der Waals surface area contributed by atoms with E-state index in [0.717, 1.165) is 27.8 Å². The molecule has 3 rings (SSSR count). The largest absolute Gasteiger partial charge is 0.399 e. The summed E-state index contributed by atoms with van der Waals surface area (Å²) in [6.07, 6.45) is 3.48. The molecule has 0 bridgehead atoms. The fourth-order valence-corrected chi connectivity index (χ4v) is 2.12. The van der Waals surface area contributed by atoms with Gasteiger partial charge in [-0.2, -0.15) is 0 Å². The van der Waals surface area contributed by atoms with Crippen LogP contribution in [-0.2, 0) is 7.05 Å². The van der Waals surface area contributed by atoms with Crippen molar-refractivity contribution in [1.29, 1.82) is 0 Å². The van der Waals surface area contributed by atoms with Gasteiger partial charge in [0.25, 0.3) is 0 Å². The van der Waals surface area contributed by atoms with Gasteiger partial charge in [0.2, 0.25) is 0 Å². The molecule has 5 nitrogen and oxygen atoms in total. The smallest absolute Gasteiger partial charge is 0.145 e. The molecule has 0 aliphatic rings. The van der Waals surface area contributed by atoms with Crippen molar-refractivity contribution in [2.75, 3.05) is 11.5 Å². The van der Waals surface area contributed by atoms with E-state index in [4.69, 9.17) is 11.5 Å². The zero-order valence-electron chi connectivity index (χ0n) is 9.96. The second kappa shape index (κ2) is 3.73. The highest BCUT2D eigenvalue weighted by Crippen LogP contribution is 2.32. The van der Waals surface area contributed by atoms with Crippen LogP contribution in [0.3, 0.4) is 0 Å². The molecular formula is C13H13N5. The predicted molar refractivity (Wildman–Crippen MR) is 72.8 cm³/mol. The molecule has 18 heavy (non-hydrogen) atoms. The lowest BCUT2D eigenvalue weighted by atomic mass is 10.1. The third kappa shape index (κ3) is 1.48. The summed E-state index contributed by atoms with van der Waals surface area (Å²) in [6.45, 7) is 0. The van der Waals surface area contributed by atoms with Crippen LogP contribution in [0.25, 0.3) is 22.2 Å². The molecular weight excluding hydrogens is 226 g/mol. The molecule has 0 radical (unpaired) electrons. The van der Waals surface area contributed by atoms with Gasteiger partial charge in [0, 0.05) is 24.5 Å². The topological polar surface area (TPSA) is 82.8 Å². The van der Waals surface area contributed by atoms with Gasteiger partial charge < -0.3 is 16.0 Å². The lowest BCUT2D eigenvalue weighted by Gasteiger charge is -2.01. The minimum atomic E-state index is 0.493. The highest BCUT2D eigenvalue weighted by molar-refractivity contribution is 6.00.